The Balaban J connectivity index is 1.30. The molecule has 198 valence electrons. The highest BCUT2D eigenvalue weighted by Gasteiger charge is 2.14. The molecule has 0 spiro atoms. The molecule has 0 saturated carbocycles. The Bertz CT molecular complexity index is 1880. The van der Waals surface area contributed by atoms with Crippen LogP contribution in [0.2, 0.25) is 0 Å². The monoisotopic (exact) mass is 530 g/mol. The summed E-state index contributed by atoms with van der Waals surface area (Å²) in [5, 5.41) is 7.08. The van der Waals surface area contributed by atoms with E-state index in [0.717, 1.165) is 38.8 Å². The summed E-state index contributed by atoms with van der Waals surface area (Å²) in [6.07, 6.45) is 3.42. The van der Waals surface area contributed by atoms with Crippen LogP contribution >= 0.6 is 0 Å². The van der Waals surface area contributed by atoms with Gasteiger partial charge in [-0.15, -0.1) is 0 Å². The zero-order valence-corrected chi connectivity index (χ0v) is 22.2. The number of nitrogens with one attached hydrogen (secondary N) is 2. The van der Waals surface area contributed by atoms with Crippen molar-refractivity contribution in [2.45, 2.75) is 0 Å². The number of imidazole rings is 1. The number of ether oxygens (including phenoxy) is 2. The third kappa shape index (κ3) is 4.76. The molecule has 6 aromatic rings. The maximum absolute atomic E-state index is 11.9. The van der Waals surface area contributed by atoms with Crippen molar-refractivity contribution < 1.29 is 14.3 Å². The van der Waals surface area contributed by atoms with Crippen LogP contribution in [-0.2, 0) is 7.05 Å². The molecule has 0 aliphatic carbocycles. The van der Waals surface area contributed by atoms with E-state index in [0.29, 0.717) is 23.2 Å². The quantitative estimate of drug-likeness (QED) is 0.258. The fourth-order valence-electron chi connectivity index (χ4n) is 4.55. The summed E-state index contributed by atoms with van der Waals surface area (Å²) in [5.41, 5.74) is 5.69. The first kappa shape index (κ1) is 24.9. The molecule has 0 bridgehead atoms. The van der Waals surface area contributed by atoms with Gasteiger partial charge in [-0.3, -0.25) is 14.8 Å². The van der Waals surface area contributed by atoms with Crippen molar-refractivity contribution in [2.75, 3.05) is 19.5 Å². The second kappa shape index (κ2) is 10.4. The number of carbonyl (C=O) groups excluding carboxylic acids is 1. The van der Waals surface area contributed by atoms with Crippen molar-refractivity contribution >= 4 is 39.5 Å². The minimum Gasteiger partial charge on any atom is -0.495 e. The fourth-order valence-corrected chi connectivity index (χ4v) is 4.55. The number of pyridine rings is 2. The molecule has 0 aliphatic heterocycles. The van der Waals surface area contributed by atoms with Gasteiger partial charge in [0.25, 0.3) is 5.91 Å². The molecule has 0 radical (unpaired) electrons. The SMILES string of the molecule is CNC(=O)c1cc(Oc2ccc3c(c2)nc(Nc2cc(-c4cnc5ccccc5c4)ccc2OC)n3C)ccn1. The summed E-state index contributed by atoms with van der Waals surface area (Å²) in [5.74, 6) is 2.16. The van der Waals surface area contributed by atoms with Gasteiger partial charge in [0.15, 0.2) is 0 Å². The highest BCUT2D eigenvalue weighted by Crippen LogP contribution is 2.34. The molecule has 0 aliphatic rings. The molecule has 0 saturated heterocycles. The Kier molecular flexibility index (Phi) is 6.45. The number of benzene rings is 3. The Labute approximate surface area is 230 Å². The van der Waals surface area contributed by atoms with Gasteiger partial charge >= 0.3 is 0 Å². The van der Waals surface area contributed by atoms with Gasteiger partial charge in [-0.25, -0.2) is 4.98 Å². The summed E-state index contributed by atoms with van der Waals surface area (Å²) in [6, 6.07) is 25.1. The van der Waals surface area contributed by atoms with Crippen molar-refractivity contribution in [3.05, 3.63) is 97.0 Å². The van der Waals surface area contributed by atoms with E-state index in [1.807, 2.05) is 72.4 Å². The maximum atomic E-state index is 11.9. The number of aryl methyl sites for hydroxylation is 1. The molecule has 2 N–H and O–H groups in total. The minimum atomic E-state index is -0.280. The number of nitrogens with zero attached hydrogens (tertiary/aromatic N) is 4. The molecule has 3 aromatic carbocycles. The van der Waals surface area contributed by atoms with E-state index in [9.17, 15) is 4.79 Å². The first-order chi connectivity index (χ1) is 19.5. The smallest absolute Gasteiger partial charge is 0.269 e. The van der Waals surface area contributed by atoms with Crippen molar-refractivity contribution in [1.82, 2.24) is 24.8 Å². The number of hydrogen-bond donors (Lipinski definition) is 2. The molecule has 0 fully saturated rings. The van der Waals surface area contributed by atoms with Crippen LogP contribution in [0.3, 0.4) is 0 Å². The Hall–Kier alpha value is -5.44. The number of hydrogen-bond acceptors (Lipinski definition) is 7. The lowest BCUT2D eigenvalue weighted by molar-refractivity contribution is 0.0958. The second-order valence-electron chi connectivity index (χ2n) is 9.16. The molecule has 0 atom stereocenters. The minimum absolute atomic E-state index is 0.279. The van der Waals surface area contributed by atoms with Crippen LogP contribution in [0.1, 0.15) is 10.5 Å². The van der Waals surface area contributed by atoms with E-state index in [4.69, 9.17) is 14.5 Å². The fraction of sp³-hybridized carbons (Fsp3) is 0.0968. The lowest BCUT2D eigenvalue weighted by Gasteiger charge is -2.13. The van der Waals surface area contributed by atoms with E-state index < -0.39 is 0 Å². The largest absolute Gasteiger partial charge is 0.495 e. The summed E-state index contributed by atoms with van der Waals surface area (Å²) in [7, 11) is 5.15. The molecule has 3 heterocycles. The zero-order valence-electron chi connectivity index (χ0n) is 22.2. The number of fused-ring (bicyclic) bond motifs is 2. The Morgan fingerprint density at radius 3 is 2.58 bits per heavy atom. The summed E-state index contributed by atoms with van der Waals surface area (Å²) >= 11 is 0. The molecule has 6 rings (SSSR count). The van der Waals surface area contributed by atoms with Gasteiger partial charge < -0.3 is 24.7 Å². The summed E-state index contributed by atoms with van der Waals surface area (Å²) in [6.45, 7) is 0. The highest BCUT2D eigenvalue weighted by atomic mass is 16.5. The number of amides is 1. The van der Waals surface area contributed by atoms with E-state index in [-0.39, 0.29) is 11.6 Å². The number of anilines is 2. The van der Waals surface area contributed by atoms with Crippen LogP contribution in [0.4, 0.5) is 11.6 Å². The Morgan fingerprint density at radius 1 is 0.875 bits per heavy atom. The van der Waals surface area contributed by atoms with E-state index in [2.05, 4.69) is 32.7 Å². The van der Waals surface area contributed by atoms with E-state index >= 15 is 0 Å². The predicted molar refractivity (Wildman–Crippen MR) is 155 cm³/mol. The van der Waals surface area contributed by atoms with Crippen molar-refractivity contribution in [3.8, 4) is 28.4 Å². The van der Waals surface area contributed by atoms with Gasteiger partial charge in [0.1, 0.15) is 22.9 Å². The van der Waals surface area contributed by atoms with Crippen LogP contribution in [-0.4, -0.2) is 39.6 Å². The molecule has 9 nitrogen and oxygen atoms in total. The first-order valence-corrected chi connectivity index (χ1v) is 12.6. The van der Waals surface area contributed by atoms with Gasteiger partial charge in [-0.1, -0.05) is 24.3 Å². The van der Waals surface area contributed by atoms with E-state index in [1.54, 1.807) is 26.3 Å². The van der Waals surface area contributed by atoms with Gasteiger partial charge in [0.05, 0.1) is 29.3 Å². The average molecular weight is 531 g/mol. The van der Waals surface area contributed by atoms with Crippen LogP contribution in [0.25, 0.3) is 33.1 Å². The van der Waals surface area contributed by atoms with E-state index in [1.165, 1.54) is 6.20 Å². The molecule has 9 heteroatoms. The van der Waals surface area contributed by atoms with Crippen LogP contribution in [0, 0.1) is 0 Å². The third-order valence-electron chi connectivity index (χ3n) is 6.65. The lowest BCUT2D eigenvalue weighted by atomic mass is 10.0. The van der Waals surface area contributed by atoms with Gasteiger partial charge in [-0.05, 0) is 48.0 Å². The summed E-state index contributed by atoms with van der Waals surface area (Å²) < 4.78 is 13.6. The van der Waals surface area contributed by atoms with Crippen LogP contribution in [0.5, 0.6) is 17.2 Å². The molecule has 1 amide bonds. The average Bonchev–Trinajstić information content (AvgIpc) is 3.30. The van der Waals surface area contributed by atoms with Gasteiger partial charge in [-0.2, -0.15) is 0 Å². The normalized spacial score (nSPS) is 11.0. The Morgan fingerprint density at radius 2 is 1.73 bits per heavy atom. The molecular weight excluding hydrogens is 504 g/mol. The number of rotatable bonds is 7. The molecule has 0 unspecified atom stereocenters. The molecular formula is C31H26N6O3. The molecule has 3 aromatic heterocycles. The van der Waals surface area contributed by atoms with Gasteiger partial charge in [0, 0.05) is 49.6 Å². The predicted octanol–water partition coefficient (Wildman–Crippen LogP) is 6.09. The zero-order chi connectivity index (χ0) is 27.6. The lowest BCUT2D eigenvalue weighted by Crippen LogP contribution is -2.18. The van der Waals surface area contributed by atoms with Crippen LogP contribution in [0.15, 0.2) is 91.3 Å². The first-order valence-electron chi connectivity index (χ1n) is 12.6. The topological polar surface area (TPSA) is 103 Å². The number of para-hydroxylation sites is 1. The second-order valence-corrected chi connectivity index (χ2v) is 9.16. The van der Waals surface area contributed by atoms with Crippen LogP contribution < -0.4 is 20.1 Å². The van der Waals surface area contributed by atoms with Crippen molar-refractivity contribution in [2.24, 2.45) is 7.05 Å². The standard InChI is InChI=1S/C31H26N6O3/c1-32-30(38)27-17-23(12-13-33-27)40-22-9-10-28-25(16-22)35-31(37(28)2)36-26-15-19(8-11-29(26)39-3)21-14-20-6-4-5-7-24(20)34-18-21/h4-18H,1-3H3,(H,32,38)(H,35,36). The number of aromatic nitrogens is 4. The summed E-state index contributed by atoms with van der Waals surface area (Å²) in [4.78, 5) is 25.4. The number of carbonyl (C=O) groups is 1. The number of methoxy groups -OCH3 is 1. The van der Waals surface area contributed by atoms with Gasteiger partial charge in [0.2, 0.25) is 5.95 Å². The van der Waals surface area contributed by atoms with Crippen molar-refractivity contribution in [1.29, 1.82) is 0 Å². The maximum Gasteiger partial charge on any atom is 0.269 e. The van der Waals surface area contributed by atoms with Crippen molar-refractivity contribution in [3.63, 3.8) is 0 Å². The third-order valence-corrected chi connectivity index (χ3v) is 6.65. The highest BCUT2D eigenvalue weighted by molar-refractivity contribution is 5.92. The molecule has 40 heavy (non-hydrogen) atoms.